The number of carbonyl (C=O) groups is 2. The minimum Gasteiger partial charge on any atom is -0.481 e. The predicted molar refractivity (Wildman–Crippen MR) is 86.3 cm³/mol. The van der Waals surface area contributed by atoms with E-state index in [1.807, 2.05) is 12.3 Å². The Balaban J connectivity index is 2.40. The molecule has 2 N–H and O–H groups in total. The number of halogens is 1. The van der Waals surface area contributed by atoms with Gasteiger partial charge in [0.1, 0.15) is 4.88 Å². The third-order valence-corrected chi connectivity index (χ3v) is 5.10. The van der Waals surface area contributed by atoms with Gasteiger partial charge in [-0.05, 0) is 36.6 Å². The molecule has 1 aromatic rings. The zero-order valence-corrected chi connectivity index (χ0v) is 14.0. The maximum absolute atomic E-state index is 12.0. The molecule has 0 fully saturated rings. The first-order chi connectivity index (χ1) is 9.95. The number of carboxylic acids is 1. The van der Waals surface area contributed by atoms with Crippen LogP contribution in [-0.2, 0) is 4.79 Å². The van der Waals surface area contributed by atoms with Gasteiger partial charge in [0, 0.05) is 13.0 Å². The van der Waals surface area contributed by atoms with Crippen molar-refractivity contribution < 1.29 is 14.7 Å². The van der Waals surface area contributed by atoms with Crippen LogP contribution in [0.4, 0.5) is 0 Å². The molecule has 1 aromatic heterocycles. The number of rotatable bonds is 9. The fraction of sp³-hybridized carbons (Fsp3) is 0.600. The summed E-state index contributed by atoms with van der Waals surface area (Å²) in [6.45, 7) is 4.51. The van der Waals surface area contributed by atoms with Crippen LogP contribution in [0.2, 0.25) is 5.02 Å². The zero-order chi connectivity index (χ0) is 15.8. The summed E-state index contributed by atoms with van der Waals surface area (Å²) in [5.74, 6) is -0.570. The molecule has 21 heavy (non-hydrogen) atoms. The lowest BCUT2D eigenvalue weighted by molar-refractivity contribution is -0.137. The summed E-state index contributed by atoms with van der Waals surface area (Å²) in [6, 6.07) is 0. The molecule has 0 aliphatic rings. The number of hydrogen-bond donors (Lipinski definition) is 2. The molecule has 6 heteroatoms. The van der Waals surface area contributed by atoms with E-state index >= 15 is 0 Å². The number of amides is 1. The molecule has 4 nitrogen and oxygen atoms in total. The maximum Gasteiger partial charge on any atom is 0.303 e. The zero-order valence-electron chi connectivity index (χ0n) is 12.4. The SMILES string of the molecule is CCCC(CCNC(=O)c1scc(C)c1Cl)CCC(=O)O. The van der Waals surface area contributed by atoms with Gasteiger partial charge in [-0.2, -0.15) is 0 Å². The van der Waals surface area contributed by atoms with Crippen LogP contribution in [0, 0.1) is 12.8 Å². The average molecular weight is 332 g/mol. The Morgan fingerprint density at radius 3 is 2.62 bits per heavy atom. The van der Waals surface area contributed by atoms with E-state index in [0.717, 1.165) is 24.8 Å². The number of thiophene rings is 1. The molecule has 0 aliphatic heterocycles. The molecule has 1 atom stereocenters. The highest BCUT2D eigenvalue weighted by Crippen LogP contribution is 2.27. The van der Waals surface area contributed by atoms with Crippen molar-refractivity contribution in [2.24, 2.45) is 5.92 Å². The minimum absolute atomic E-state index is 0.147. The first-order valence-electron chi connectivity index (χ1n) is 7.19. The van der Waals surface area contributed by atoms with Crippen molar-refractivity contribution in [2.75, 3.05) is 6.54 Å². The molecule has 0 spiro atoms. The smallest absolute Gasteiger partial charge is 0.303 e. The van der Waals surface area contributed by atoms with E-state index in [0.29, 0.717) is 28.8 Å². The van der Waals surface area contributed by atoms with Crippen LogP contribution in [0.3, 0.4) is 0 Å². The van der Waals surface area contributed by atoms with Gasteiger partial charge in [0.25, 0.3) is 5.91 Å². The van der Waals surface area contributed by atoms with E-state index in [1.165, 1.54) is 11.3 Å². The first-order valence-corrected chi connectivity index (χ1v) is 8.45. The first kappa shape index (κ1) is 18.0. The number of aryl methyl sites for hydroxylation is 1. The Hall–Kier alpha value is -1.07. The lowest BCUT2D eigenvalue weighted by Gasteiger charge is -2.15. The van der Waals surface area contributed by atoms with Crippen molar-refractivity contribution in [1.29, 1.82) is 0 Å². The van der Waals surface area contributed by atoms with Crippen LogP contribution >= 0.6 is 22.9 Å². The van der Waals surface area contributed by atoms with Crippen LogP contribution in [0.25, 0.3) is 0 Å². The molecule has 0 aliphatic carbocycles. The van der Waals surface area contributed by atoms with E-state index in [-0.39, 0.29) is 12.3 Å². The summed E-state index contributed by atoms with van der Waals surface area (Å²) in [7, 11) is 0. The van der Waals surface area contributed by atoms with Crippen LogP contribution in [0.1, 0.15) is 54.3 Å². The third-order valence-electron chi connectivity index (χ3n) is 3.41. The number of carboxylic acid groups (broad SMARTS) is 1. The van der Waals surface area contributed by atoms with E-state index in [9.17, 15) is 9.59 Å². The monoisotopic (exact) mass is 331 g/mol. The summed E-state index contributed by atoms with van der Waals surface area (Å²) in [5.41, 5.74) is 0.914. The summed E-state index contributed by atoms with van der Waals surface area (Å²) < 4.78 is 0. The average Bonchev–Trinajstić information content (AvgIpc) is 2.76. The molecule has 0 aromatic carbocycles. The molecule has 0 saturated carbocycles. The van der Waals surface area contributed by atoms with Gasteiger partial charge in [0.05, 0.1) is 5.02 Å². The Bertz CT molecular complexity index is 487. The van der Waals surface area contributed by atoms with Crippen LogP contribution < -0.4 is 5.32 Å². The second-order valence-electron chi connectivity index (χ2n) is 5.19. The summed E-state index contributed by atoms with van der Waals surface area (Å²) >= 11 is 7.41. The molecule has 0 radical (unpaired) electrons. The summed E-state index contributed by atoms with van der Waals surface area (Å²) in [4.78, 5) is 23.2. The molecular weight excluding hydrogens is 310 g/mol. The molecule has 0 bridgehead atoms. The highest BCUT2D eigenvalue weighted by atomic mass is 35.5. The van der Waals surface area contributed by atoms with Gasteiger partial charge in [0.15, 0.2) is 0 Å². The molecule has 1 heterocycles. The third kappa shape index (κ3) is 6.06. The topological polar surface area (TPSA) is 66.4 Å². The number of nitrogens with one attached hydrogen (secondary N) is 1. The Kier molecular flexibility index (Phi) is 7.75. The summed E-state index contributed by atoms with van der Waals surface area (Å²) in [5, 5.41) is 14.0. The second kappa shape index (κ2) is 9.05. The fourth-order valence-corrected chi connectivity index (χ4v) is 3.42. The molecule has 1 rings (SSSR count). The summed E-state index contributed by atoms with van der Waals surface area (Å²) in [6.07, 6.45) is 3.66. The standard InChI is InChI=1S/C15H22ClNO3S/c1-3-4-11(5-6-12(18)19)7-8-17-15(20)14-13(16)10(2)9-21-14/h9,11H,3-8H2,1-2H3,(H,17,20)(H,18,19). The van der Waals surface area contributed by atoms with Crippen molar-refractivity contribution in [1.82, 2.24) is 5.32 Å². The Morgan fingerprint density at radius 1 is 1.38 bits per heavy atom. The lowest BCUT2D eigenvalue weighted by atomic mass is 9.94. The lowest BCUT2D eigenvalue weighted by Crippen LogP contribution is -2.25. The predicted octanol–water partition coefficient (Wildman–Crippen LogP) is 4.11. The van der Waals surface area contributed by atoms with Crippen molar-refractivity contribution in [3.63, 3.8) is 0 Å². The van der Waals surface area contributed by atoms with Gasteiger partial charge < -0.3 is 10.4 Å². The van der Waals surface area contributed by atoms with Crippen molar-refractivity contribution >= 4 is 34.8 Å². The normalized spacial score (nSPS) is 12.1. The van der Waals surface area contributed by atoms with Gasteiger partial charge >= 0.3 is 5.97 Å². The van der Waals surface area contributed by atoms with Crippen LogP contribution in [0.15, 0.2) is 5.38 Å². The molecule has 0 saturated heterocycles. The van der Waals surface area contributed by atoms with Gasteiger partial charge in [-0.3, -0.25) is 9.59 Å². The van der Waals surface area contributed by atoms with Crippen LogP contribution in [-0.4, -0.2) is 23.5 Å². The largest absolute Gasteiger partial charge is 0.481 e. The van der Waals surface area contributed by atoms with Gasteiger partial charge in [-0.15, -0.1) is 11.3 Å². The van der Waals surface area contributed by atoms with Gasteiger partial charge in [-0.25, -0.2) is 0 Å². The highest BCUT2D eigenvalue weighted by molar-refractivity contribution is 7.13. The van der Waals surface area contributed by atoms with Crippen molar-refractivity contribution in [3.05, 3.63) is 20.8 Å². The van der Waals surface area contributed by atoms with Gasteiger partial charge in [0.2, 0.25) is 0 Å². The van der Waals surface area contributed by atoms with Crippen LogP contribution in [0.5, 0.6) is 0 Å². The van der Waals surface area contributed by atoms with Gasteiger partial charge in [-0.1, -0.05) is 31.4 Å². The molecule has 118 valence electrons. The quantitative estimate of drug-likeness (QED) is 0.715. The van der Waals surface area contributed by atoms with E-state index in [4.69, 9.17) is 16.7 Å². The molecule has 1 unspecified atom stereocenters. The Morgan fingerprint density at radius 2 is 2.10 bits per heavy atom. The van der Waals surface area contributed by atoms with Crippen molar-refractivity contribution in [2.45, 2.75) is 46.0 Å². The number of carbonyl (C=O) groups excluding carboxylic acids is 1. The Labute approximate surface area is 134 Å². The number of aliphatic carboxylic acids is 1. The van der Waals surface area contributed by atoms with E-state index in [1.54, 1.807) is 0 Å². The van der Waals surface area contributed by atoms with E-state index in [2.05, 4.69) is 12.2 Å². The second-order valence-corrected chi connectivity index (χ2v) is 6.45. The van der Waals surface area contributed by atoms with Crippen molar-refractivity contribution in [3.8, 4) is 0 Å². The molecular formula is C15H22ClNO3S. The molecule has 1 amide bonds. The minimum atomic E-state index is -0.763. The van der Waals surface area contributed by atoms with E-state index < -0.39 is 5.97 Å². The maximum atomic E-state index is 12.0. The number of hydrogen-bond acceptors (Lipinski definition) is 3. The highest BCUT2D eigenvalue weighted by Gasteiger charge is 2.15. The fourth-order valence-electron chi connectivity index (χ4n) is 2.22.